The fourth-order valence-corrected chi connectivity index (χ4v) is 1.82. The molecule has 0 atom stereocenters. The van der Waals surface area contributed by atoms with Gasteiger partial charge in [0.15, 0.2) is 0 Å². The van der Waals surface area contributed by atoms with Crippen LogP contribution in [0.25, 0.3) is 10.8 Å². The second-order valence-corrected chi connectivity index (χ2v) is 3.71. The van der Waals surface area contributed by atoms with Gasteiger partial charge in [-0.15, -0.1) is 0 Å². The molecule has 2 aromatic carbocycles. The van der Waals surface area contributed by atoms with Crippen molar-refractivity contribution in [2.24, 2.45) is 10.8 Å². The summed E-state index contributed by atoms with van der Waals surface area (Å²) in [5, 5.41) is 5.63. The molecule has 2 aromatic rings. The van der Waals surface area contributed by atoms with Crippen molar-refractivity contribution in [3.8, 4) is 0 Å². The van der Waals surface area contributed by atoms with Crippen LogP contribution in [0.2, 0.25) is 0 Å². The Balaban J connectivity index is 2.24. The first-order chi connectivity index (χ1) is 8.35. The quantitative estimate of drug-likeness (QED) is 0.315. The van der Waals surface area contributed by atoms with E-state index in [0.29, 0.717) is 12.5 Å². The Labute approximate surface area is 101 Å². The molecule has 0 radical (unpaired) electrons. The number of rotatable bonds is 2. The van der Waals surface area contributed by atoms with Crippen molar-refractivity contribution < 1.29 is 0 Å². The van der Waals surface area contributed by atoms with Crippen LogP contribution < -0.4 is 16.6 Å². The average Bonchev–Trinajstić information content (AvgIpc) is 2.40. The highest BCUT2D eigenvalue weighted by molar-refractivity contribution is 5.86. The van der Waals surface area contributed by atoms with E-state index in [0.717, 1.165) is 0 Å². The van der Waals surface area contributed by atoms with E-state index < -0.39 is 0 Å². The molecule has 0 bridgehead atoms. The number of nitrogens with zero attached hydrogens (tertiary/aromatic N) is 1. The lowest BCUT2D eigenvalue weighted by Crippen LogP contribution is -2.41. The van der Waals surface area contributed by atoms with E-state index in [1.54, 1.807) is 7.05 Å². The van der Waals surface area contributed by atoms with Crippen LogP contribution in [0.3, 0.4) is 0 Å². The van der Waals surface area contributed by atoms with Crippen molar-refractivity contribution in [3.05, 3.63) is 48.0 Å². The highest BCUT2D eigenvalue weighted by Crippen LogP contribution is 2.17. The molecule has 88 valence electrons. The summed E-state index contributed by atoms with van der Waals surface area (Å²) in [6.45, 7) is 0.693. The van der Waals surface area contributed by atoms with E-state index in [2.05, 4.69) is 46.1 Å². The Kier molecular flexibility index (Phi) is 3.57. The number of nitrogens with two attached hydrogens (primary N) is 1. The summed E-state index contributed by atoms with van der Waals surface area (Å²) in [6.07, 6.45) is 0. The van der Waals surface area contributed by atoms with E-state index in [4.69, 9.17) is 5.84 Å². The number of fused-ring (bicyclic) bond motifs is 1. The number of aliphatic imine (C=N–C) groups is 1. The molecular formula is C13H16N4. The number of guanidine groups is 1. The van der Waals surface area contributed by atoms with Gasteiger partial charge in [0.2, 0.25) is 5.96 Å². The van der Waals surface area contributed by atoms with Crippen molar-refractivity contribution in [2.75, 3.05) is 7.05 Å². The van der Waals surface area contributed by atoms with Crippen LogP contribution in [0.4, 0.5) is 0 Å². The maximum Gasteiger partial charge on any atom is 0.205 e. The highest BCUT2D eigenvalue weighted by atomic mass is 15.3. The van der Waals surface area contributed by atoms with Crippen LogP contribution in [0, 0.1) is 0 Å². The van der Waals surface area contributed by atoms with E-state index in [1.807, 2.05) is 12.1 Å². The van der Waals surface area contributed by atoms with Gasteiger partial charge in [-0.25, -0.2) is 5.84 Å². The summed E-state index contributed by atoms with van der Waals surface area (Å²) in [5.41, 5.74) is 3.73. The first-order valence-corrected chi connectivity index (χ1v) is 5.49. The van der Waals surface area contributed by atoms with Crippen molar-refractivity contribution in [1.82, 2.24) is 10.7 Å². The lowest BCUT2D eigenvalue weighted by atomic mass is 10.0. The van der Waals surface area contributed by atoms with Gasteiger partial charge in [-0.1, -0.05) is 42.5 Å². The second-order valence-electron chi connectivity index (χ2n) is 3.71. The topological polar surface area (TPSA) is 62.4 Å². The molecule has 0 fully saturated rings. The molecule has 4 heteroatoms. The summed E-state index contributed by atoms with van der Waals surface area (Å²) in [4.78, 5) is 3.97. The monoisotopic (exact) mass is 228 g/mol. The lowest BCUT2D eigenvalue weighted by Gasteiger charge is -2.10. The molecule has 4 nitrogen and oxygen atoms in total. The lowest BCUT2D eigenvalue weighted by molar-refractivity contribution is 0.844. The number of nitrogens with one attached hydrogen (secondary N) is 2. The maximum absolute atomic E-state index is 5.32. The van der Waals surface area contributed by atoms with Gasteiger partial charge in [0.1, 0.15) is 0 Å². The van der Waals surface area contributed by atoms with Crippen LogP contribution in [0.1, 0.15) is 5.56 Å². The van der Waals surface area contributed by atoms with Gasteiger partial charge < -0.3 is 5.32 Å². The minimum absolute atomic E-state index is 0.581. The summed E-state index contributed by atoms with van der Waals surface area (Å²) in [5.74, 6) is 5.90. The standard InChI is InChI=1S/C13H16N4/c1-15-13(17-14)16-9-11-7-4-6-10-5-2-3-8-12(10)11/h2-8H,9,14H2,1H3,(H2,15,16,17). The highest BCUT2D eigenvalue weighted by Gasteiger charge is 2.00. The van der Waals surface area contributed by atoms with Gasteiger partial charge >= 0.3 is 0 Å². The Hall–Kier alpha value is -2.07. The molecule has 4 N–H and O–H groups in total. The van der Waals surface area contributed by atoms with Crippen LogP contribution in [-0.2, 0) is 6.54 Å². The van der Waals surface area contributed by atoms with Crippen molar-refractivity contribution >= 4 is 16.7 Å². The first kappa shape index (κ1) is 11.4. The Morgan fingerprint density at radius 2 is 1.94 bits per heavy atom. The predicted molar refractivity (Wildman–Crippen MR) is 71.5 cm³/mol. The van der Waals surface area contributed by atoms with Gasteiger partial charge in [-0.3, -0.25) is 10.4 Å². The molecule has 2 rings (SSSR count). The second kappa shape index (κ2) is 5.32. The number of benzene rings is 2. The zero-order valence-corrected chi connectivity index (χ0v) is 9.77. The molecule has 0 spiro atoms. The molecule has 0 saturated heterocycles. The minimum Gasteiger partial charge on any atom is -0.351 e. The van der Waals surface area contributed by atoms with Crippen molar-refractivity contribution in [3.63, 3.8) is 0 Å². The molecule has 0 aromatic heterocycles. The Morgan fingerprint density at radius 3 is 2.71 bits per heavy atom. The summed E-state index contributed by atoms with van der Waals surface area (Å²) >= 11 is 0. The van der Waals surface area contributed by atoms with E-state index >= 15 is 0 Å². The maximum atomic E-state index is 5.32. The number of hydrogen-bond donors (Lipinski definition) is 3. The smallest absolute Gasteiger partial charge is 0.205 e. The summed E-state index contributed by atoms with van der Waals surface area (Å²) in [7, 11) is 1.69. The molecule has 0 unspecified atom stereocenters. The van der Waals surface area contributed by atoms with Gasteiger partial charge in [0, 0.05) is 13.6 Å². The molecular weight excluding hydrogens is 212 g/mol. The minimum atomic E-state index is 0.581. The molecule has 0 heterocycles. The average molecular weight is 228 g/mol. The van der Waals surface area contributed by atoms with Crippen LogP contribution in [0.5, 0.6) is 0 Å². The summed E-state index contributed by atoms with van der Waals surface area (Å²) in [6, 6.07) is 14.6. The van der Waals surface area contributed by atoms with Gasteiger partial charge in [0.25, 0.3) is 0 Å². The fraction of sp³-hybridized carbons (Fsp3) is 0.154. The molecule has 0 saturated carbocycles. The van der Waals surface area contributed by atoms with E-state index in [1.165, 1.54) is 16.3 Å². The zero-order valence-electron chi connectivity index (χ0n) is 9.77. The molecule has 0 aliphatic rings. The fourth-order valence-electron chi connectivity index (χ4n) is 1.82. The largest absolute Gasteiger partial charge is 0.351 e. The zero-order chi connectivity index (χ0) is 12.1. The SMILES string of the molecule is CN=C(NN)NCc1cccc2ccccc12. The summed E-state index contributed by atoms with van der Waals surface area (Å²) < 4.78 is 0. The van der Waals surface area contributed by atoms with Gasteiger partial charge in [-0.05, 0) is 16.3 Å². The molecule has 0 aliphatic carbocycles. The van der Waals surface area contributed by atoms with Crippen LogP contribution >= 0.6 is 0 Å². The van der Waals surface area contributed by atoms with Crippen molar-refractivity contribution in [2.45, 2.75) is 6.54 Å². The molecule has 0 aliphatic heterocycles. The van der Waals surface area contributed by atoms with E-state index in [-0.39, 0.29) is 0 Å². The third-order valence-electron chi connectivity index (χ3n) is 2.69. The predicted octanol–water partition coefficient (Wildman–Crippen LogP) is 1.38. The molecule has 17 heavy (non-hydrogen) atoms. The Morgan fingerprint density at radius 1 is 1.18 bits per heavy atom. The van der Waals surface area contributed by atoms with E-state index in [9.17, 15) is 0 Å². The normalized spacial score (nSPS) is 11.5. The van der Waals surface area contributed by atoms with Gasteiger partial charge in [0.05, 0.1) is 0 Å². The third-order valence-corrected chi connectivity index (χ3v) is 2.69. The molecule has 0 amide bonds. The van der Waals surface area contributed by atoms with Crippen LogP contribution in [-0.4, -0.2) is 13.0 Å². The van der Waals surface area contributed by atoms with Gasteiger partial charge in [-0.2, -0.15) is 0 Å². The first-order valence-electron chi connectivity index (χ1n) is 5.49. The number of hydrogen-bond acceptors (Lipinski definition) is 2. The number of hydrazine groups is 1. The van der Waals surface area contributed by atoms with Crippen LogP contribution in [0.15, 0.2) is 47.5 Å². The van der Waals surface area contributed by atoms with Crippen molar-refractivity contribution in [1.29, 1.82) is 0 Å². The Bertz CT molecular complexity index is 528. The third kappa shape index (κ3) is 2.54.